The average Bonchev–Trinajstić information content (AvgIpc) is 2.76. The van der Waals surface area contributed by atoms with Crippen molar-refractivity contribution in [3.8, 4) is 0 Å². The van der Waals surface area contributed by atoms with Crippen LogP contribution in [0.25, 0.3) is 0 Å². The van der Waals surface area contributed by atoms with Gasteiger partial charge in [-0.15, -0.1) is 0 Å². The summed E-state index contributed by atoms with van der Waals surface area (Å²) in [7, 11) is 0. The molecule has 4 N–H and O–H groups in total. The summed E-state index contributed by atoms with van der Waals surface area (Å²) in [6.45, 7) is 3.14. The van der Waals surface area contributed by atoms with E-state index in [0.29, 0.717) is 22.5 Å². The first-order valence-electron chi connectivity index (χ1n) is 9.04. The number of ketones is 2. The summed E-state index contributed by atoms with van der Waals surface area (Å²) in [6, 6.07) is 17.2. The fourth-order valence-corrected chi connectivity index (χ4v) is 2.26. The summed E-state index contributed by atoms with van der Waals surface area (Å²) >= 11 is 0. The Kier molecular flexibility index (Phi) is 8.07. The predicted octanol–water partition coefficient (Wildman–Crippen LogP) is 1.80. The lowest BCUT2D eigenvalue weighted by Gasteiger charge is -2.10. The molecule has 30 heavy (non-hydrogen) atoms. The smallest absolute Gasteiger partial charge is 0.302 e. The molecule has 0 aliphatic rings. The number of benzene rings is 2. The van der Waals surface area contributed by atoms with E-state index < -0.39 is 11.8 Å². The van der Waals surface area contributed by atoms with Crippen molar-refractivity contribution in [2.24, 2.45) is 0 Å². The molecule has 8 nitrogen and oxygen atoms in total. The lowest BCUT2D eigenvalue weighted by Crippen LogP contribution is -2.49. The maximum atomic E-state index is 12.0. The molecule has 0 unspecified atom stereocenters. The SMILES string of the molecule is C/C(=C\C(=O)c1ccccc1)NNC(=O)C(=O)NN/C(C)=C/C(=O)c1ccccc1. The Morgan fingerprint density at radius 3 is 1.23 bits per heavy atom. The molecule has 2 aromatic rings. The molecule has 0 atom stereocenters. The highest BCUT2D eigenvalue weighted by Crippen LogP contribution is 2.03. The standard InChI is InChI=1S/C22H22N4O4/c1-15(13-19(27)17-9-5-3-6-10-17)23-25-21(29)22(30)26-24-16(2)14-20(28)18-11-7-4-8-12-18/h3-14,23-24H,1-2H3,(H,25,29)(H,26,30)/b15-13+,16-14+. The van der Waals surface area contributed by atoms with Gasteiger partial charge >= 0.3 is 11.8 Å². The number of nitrogens with one attached hydrogen (secondary N) is 4. The number of rotatable bonds is 8. The molecule has 0 fully saturated rings. The van der Waals surface area contributed by atoms with Crippen LogP contribution in [0.15, 0.2) is 84.2 Å². The minimum Gasteiger partial charge on any atom is -0.302 e. The number of hydrazine groups is 2. The van der Waals surface area contributed by atoms with Crippen molar-refractivity contribution in [3.63, 3.8) is 0 Å². The Morgan fingerprint density at radius 2 is 0.900 bits per heavy atom. The molecule has 0 aromatic heterocycles. The van der Waals surface area contributed by atoms with Crippen LogP contribution in [0, 0.1) is 0 Å². The van der Waals surface area contributed by atoms with Crippen molar-refractivity contribution in [3.05, 3.63) is 95.3 Å². The topological polar surface area (TPSA) is 116 Å². The second-order valence-corrected chi connectivity index (χ2v) is 6.27. The van der Waals surface area contributed by atoms with E-state index in [0.717, 1.165) is 0 Å². The summed E-state index contributed by atoms with van der Waals surface area (Å²) in [6.07, 6.45) is 2.60. The van der Waals surface area contributed by atoms with Gasteiger partial charge in [0.15, 0.2) is 11.6 Å². The third-order valence-corrected chi connectivity index (χ3v) is 3.76. The number of hydrogen-bond acceptors (Lipinski definition) is 6. The summed E-state index contributed by atoms with van der Waals surface area (Å²) in [5.41, 5.74) is 11.0. The van der Waals surface area contributed by atoms with E-state index in [-0.39, 0.29) is 11.6 Å². The first-order valence-corrected chi connectivity index (χ1v) is 9.04. The van der Waals surface area contributed by atoms with Crippen LogP contribution in [-0.2, 0) is 9.59 Å². The van der Waals surface area contributed by atoms with Crippen LogP contribution in [-0.4, -0.2) is 23.4 Å². The third kappa shape index (κ3) is 7.08. The minimum absolute atomic E-state index is 0.246. The molecule has 0 radical (unpaired) electrons. The Morgan fingerprint density at radius 1 is 0.567 bits per heavy atom. The second-order valence-electron chi connectivity index (χ2n) is 6.27. The van der Waals surface area contributed by atoms with Gasteiger partial charge in [0.05, 0.1) is 0 Å². The van der Waals surface area contributed by atoms with Gasteiger partial charge in [0.1, 0.15) is 0 Å². The Bertz CT molecular complexity index is 901. The number of amides is 2. The highest BCUT2D eigenvalue weighted by molar-refractivity contribution is 6.34. The zero-order valence-corrected chi connectivity index (χ0v) is 16.6. The normalized spacial score (nSPS) is 11.3. The van der Waals surface area contributed by atoms with E-state index in [9.17, 15) is 19.2 Å². The second kappa shape index (κ2) is 11.0. The molecule has 2 rings (SSSR count). The van der Waals surface area contributed by atoms with Crippen molar-refractivity contribution < 1.29 is 19.2 Å². The number of hydrogen-bond donors (Lipinski definition) is 4. The zero-order valence-electron chi connectivity index (χ0n) is 16.6. The summed E-state index contributed by atoms with van der Waals surface area (Å²) in [5, 5.41) is 0. The highest BCUT2D eigenvalue weighted by atomic mass is 16.2. The van der Waals surface area contributed by atoms with Crippen LogP contribution < -0.4 is 21.7 Å². The van der Waals surface area contributed by atoms with Crippen LogP contribution in [0.5, 0.6) is 0 Å². The summed E-state index contributed by atoms with van der Waals surface area (Å²) < 4.78 is 0. The van der Waals surface area contributed by atoms with Crippen LogP contribution in [0.3, 0.4) is 0 Å². The van der Waals surface area contributed by atoms with Crippen molar-refractivity contribution in [1.82, 2.24) is 21.7 Å². The van der Waals surface area contributed by atoms with Gasteiger partial charge in [-0.1, -0.05) is 60.7 Å². The highest BCUT2D eigenvalue weighted by Gasteiger charge is 2.13. The number of carbonyl (C=O) groups is 4. The monoisotopic (exact) mass is 406 g/mol. The first kappa shape index (κ1) is 22.1. The van der Waals surface area contributed by atoms with Crippen LogP contribution in [0.2, 0.25) is 0 Å². The quantitative estimate of drug-likeness (QED) is 0.230. The molecule has 0 aliphatic heterocycles. The third-order valence-electron chi connectivity index (χ3n) is 3.76. The van der Waals surface area contributed by atoms with E-state index in [1.165, 1.54) is 12.2 Å². The fourth-order valence-electron chi connectivity index (χ4n) is 2.26. The van der Waals surface area contributed by atoms with Crippen molar-refractivity contribution >= 4 is 23.4 Å². The summed E-state index contributed by atoms with van der Waals surface area (Å²) in [5.74, 6) is -2.45. The Balaban J connectivity index is 1.79. The van der Waals surface area contributed by atoms with Gasteiger partial charge in [0.2, 0.25) is 0 Å². The van der Waals surface area contributed by atoms with E-state index in [1.807, 2.05) is 0 Å². The number of allylic oxidation sites excluding steroid dienone is 4. The molecule has 2 amide bonds. The minimum atomic E-state index is -0.982. The van der Waals surface area contributed by atoms with Gasteiger partial charge in [-0.25, -0.2) is 0 Å². The van der Waals surface area contributed by atoms with Crippen molar-refractivity contribution in [2.75, 3.05) is 0 Å². The predicted molar refractivity (Wildman–Crippen MR) is 112 cm³/mol. The van der Waals surface area contributed by atoms with Gasteiger partial charge in [-0.2, -0.15) is 0 Å². The molecule has 0 saturated carbocycles. The Labute approximate surface area is 174 Å². The van der Waals surface area contributed by atoms with E-state index >= 15 is 0 Å². The van der Waals surface area contributed by atoms with E-state index in [4.69, 9.17) is 0 Å². The summed E-state index contributed by atoms with van der Waals surface area (Å²) in [4.78, 5) is 47.8. The lowest BCUT2D eigenvalue weighted by molar-refractivity contribution is -0.140. The molecule has 154 valence electrons. The van der Waals surface area contributed by atoms with Gasteiger partial charge in [0, 0.05) is 34.7 Å². The molecular weight excluding hydrogens is 384 g/mol. The van der Waals surface area contributed by atoms with Crippen LogP contribution >= 0.6 is 0 Å². The fraction of sp³-hybridized carbons (Fsp3) is 0.0909. The average molecular weight is 406 g/mol. The molecular formula is C22H22N4O4. The molecule has 0 spiro atoms. The number of carbonyl (C=O) groups excluding carboxylic acids is 4. The van der Waals surface area contributed by atoms with Gasteiger partial charge < -0.3 is 10.9 Å². The van der Waals surface area contributed by atoms with E-state index in [1.54, 1.807) is 74.5 Å². The lowest BCUT2D eigenvalue weighted by atomic mass is 10.1. The van der Waals surface area contributed by atoms with Gasteiger partial charge in [-0.3, -0.25) is 30.0 Å². The first-order chi connectivity index (χ1) is 14.4. The maximum absolute atomic E-state index is 12.0. The molecule has 0 bridgehead atoms. The maximum Gasteiger partial charge on any atom is 0.329 e. The Hall–Kier alpha value is -4.20. The molecule has 2 aromatic carbocycles. The van der Waals surface area contributed by atoms with Crippen LogP contribution in [0.1, 0.15) is 34.6 Å². The van der Waals surface area contributed by atoms with Gasteiger partial charge in [-0.05, 0) is 13.8 Å². The van der Waals surface area contributed by atoms with Crippen LogP contribution in [0.4, 0.5) is 0 Å². The van der Waals surface area contributed by atoms with Gasteiger partial charge in [0.25, 0.3) is 0 Å². The molecule has 0 aliphatic carbocycles. The largest absolute Gasteiger partial charge is 0.329 e. The zero-order chi connectivity index (χ0) is 21.9. The van der Waals surface area contributed by atoms with Crippen molar-refractivity contribution in [1.29, 1.82) is 0 Å². The molecule has 0 saturated heterocycles. The van der Waals surface area contributed by atoms with E-state index in [2.05, 4.69) is 21.7 Å². The molecule has 8 heteroatoms. The van der Waals surface area contributed by atoms with Crippen molar-refractivity contribution in [2.45, 2.75) is 13.8 Å². The molecule has 0 heterocycles.